The molecular formula is C29H28O5. The summed E-state index contributed by atoms with van der Waals surface area (Å²) in [5, 5.41) is 0. The number of carbonyl (C=O) groups is 3. The Bertz CT molecular complexity index is 1100. The number of hydrogen-bond acceptors (Lipinski definition) is 5. The minimum absolute atomic E-state index is 0.130. The van der Waals surface area contributed by atoms with Crippen molar-refractivity contribution in [3.05, 3.63) is 83.9 Å². The smallest absolute Gasteiger partial charge is 0.311 e. The number of esters is 2. The molecule has 5 nitrogen and oxygen atoms in total. The summed E-state index contributed by atoms with van der Waals surface area (Å²) in [4.78, 5) is 41.4. The lowest BCUT2D eigenvalue weighted by atomic mass is 9.62. The molecule has 34 heavy (non-hydrogen) atoms. The van der Waals surface area contributed by atoms with Gasteiger partial charge in [0.1, 0.15) is 0 Å². The van der Waals surface area contributed by atoms with Crippen molar-refractivity contribution < 1.29 is 23.9 Å². The largest absolute Gasteiger partial charge is 0.465 e. The van der Waals surface area contributed by atoms with Crippen LogP contribution in [0.2, 0.25) is 0 Å². The molecule has 0 saturated heterocycles. The van der Waals surface area contributed by atoms with E-state index >= 15 is 0 Å². The Labute approximate surface area is 199 Å². The first-order valence-electron chi connectivity index (χ1n) is 11.8. The number of rotatable bonds is 2. The number of ether oxygens (including phenoxy) is 2. The first kappa shape index (κ1) is 22.3. The summed E-state index contributed by atoms with van der Waals surface area (Å²) in [6.07, 6.45) is 4.99. The van der Waals surface area contributed by atoms with Gasteiger partial charge >= 0.3 is 11.9 Å². The minimum atomic E-state index is -1.22. The summed E-state index contributed by atoms with van der Waals surface area (Å²) < 4.78 is 11.3. The van der Waals surface area contributed by atoms with Gasteiger partial charge in [-0.2, -0.15) is 0 Å². The summed E-state index contributed by atoms with van der Waals surface area (Å²) >= 11 is 0. The van der Waals surface area contributed by atoms with Gasteiger partial charge in [-0.3, -0.25) is 14.4 Å². The number of allylic oxidation sites excluding steroid dienone is 2. The van der Waals surface area contributed by atoms with Gasteiger partial charge in [0.2, 0.25) is 0 Å². The monoisotopic (exact) mass is 456 g/mol. The van der Waals surface area contributed by atoms with Crippen LogP contribution in [0.1, 0.15) is 37.8 Å². The number of carbonyl (C=O) groups excluding carboxylic acids is 3. The molecule has 1 heterocycles. The zero-order valence-electron chi connectivity index (χ0n) is 19.5. The topological polar surface area (TPSA) is 69.7 Å². The van der Waals surface area contributed by atoms with E-state index in [9.17, 15) is 14.4 Å². The van der Waals surface area contributed by atoms with Crippen LogP contribution in [0.5, 0.6) is 0 Å². The van der Waals surface area contributed by atoms with Crippen LogP contribution in [0.3, 0.4) is 0 Å². The van der Waals surface area contributed by atoms with Crippen molar-refractivity contribution in [3.8, 4) is 0 Å². The van der Waals surface area contributed by atoms with Crippen molar-refractivity contribution in [2.24, 2.45) is 22.7 Å². The highest BCUT2D eigenvalue weighted by Gasteiger charge is 2.76. The number of hydrogen-bond donors (Lipinski definition) is 0. The minimum Gasteiger partial charge on any atom is -0.465 e. The predicted molar refractivity (Wildman–Crippen MR) is 128 cm³/mol. The highest BCUT2D eigenvalue weighted by molar-refractivity contribution is 6.26. The maximum Gasteiger partial charge on any atom is 0.311 e. The molecule has 2 aliphatic carbocycles. The van der Waals surface area contributed by atoms with Crippen molar-refractivity contribution in [3.63, 3.8) is 0 Å². The molecule has 0 amide bonds. The van der Waals surface area contributed by atoms with Crippen molar-refractivity contribution in [1.82, 2.24) is 0 Å². The third-order valence-corrected chi connectivity index (χ3v) is 7.67. The van der Waals surface area contributed by atoms with Gasteiger partial charge in [-0.25, -0.2) is 0 Å². The lowest BCUT2D eigenvalue weighted by molar-refractivity contribution is -0.164. The van der Waals surface area contributed by atoms with E-state index in [-0.39, 0.29) is 19.0 Å². The molecule has 0 unspecified atom stereocenters. The Hall–Kier alpha value is -3.47. The summed E-state index contributed by atoms with van der Waals surface area (Å²) in [6.45, 7) is 4.03. The molecule has 5 heteroatoms. The molecule has 174 valence electrons. The molecule has 3 aliphatic rings. The lowest BCUT2D eigenvalue weighted by Gasteiger charge is -2.39. The van der Waals surface area contributed by atoms with E-state index in [0.717, 1.165) is 22.3 Å². The summed E-state index contributed by atoms with van der Waals surface area (Å²) in [6, 6.07) is 19.4. The Kier molecular flexibility index (Phi) is 5.51. The second-order valence-corrected chi connectivity index (χ2v) is 9.55. The number of ketones is 1. The van der Waals surface area contributed by atoms with Crippen molar-refractivity contribution >= 4 is 28.9 Å². The molecule has 4 atom stereocenters. The zero-order chi connectivity index (χ0) is 23.9. The Morgan fingerprint density at radius 3 is 1.41 bits per heavy atom. The van der Waals surface area contributed by atoms with Crippen LogP contribution in [-0.4, -0.2) is 30.9 Å². The summed E-state index contributed by atoms with van der Waals surface area (Å²) in [5.74, 6) is -3.08. The van der Waals surface area contributed by atoms with E-state index in [2.05, 4.69) is 0 Å². The zero-order valence-corrected chi connectivity index (χ0v) is 19.5. The maximum absolute atomic E-state index is 14.3. The van der Waals surface area contributed by atoms with Gasteiger partial charge in [0.25, 0.3) is 0 Å². The molecule has 1 fully saturated rings. The molecule has 1 saturated carbocycles. The van der Waals surface area contributed by atoms with Gasteiger partial charge in [0.15, 0.2) is 5.78 Å². The van der Waals surface area contributed by atoms with Gasteiger partial charge in [-0.15, -0.1) is 0 Å². The fraction of sp³-hybridized carbons (Fsp3) is 0.345. The highest BCUT2D eigenvalue weighted by Crippen LogP contribution is 2.71. The Morgan fingerprint density at radius 1 is 0.647 bits per heavy atom. The summed E-state index contributed by atoms with van der Waals surface area (Å²) in [7, 11) is 0. The van der Waals surface area contributed by atoms with E-state index in [1.54, 1.807) is 13.8 Å². The van der Waals surface area contributed by atoms with Crippen LogP contribution in [-0.2, 0) is 23.9 Å². The number of fused-ring (bicyclic) bond motifs is 5. The molecule has 2 aromatic carbocycles. The second kappa shape index (κ2) is 8.39. The highest BCUT2D eigenvalue weighted by atomic mass is 16.5. The summed E-state index contributed by atoms with van der Waals surface area (Å²) in [5.41, 5.74) is 0.892. The number of Topliss-reactive ketones (excluding diaryl/α,β-unsaturated/α-hetero) is 1. The predicted octanol–water partition coefficient (Wildman–Crippen LogP) is 4.88. The third-order valence-electron chi connectivity index (χ3n) is 7.67. The first-order valence-corrected chi connectivity index (χ1v) is 11.8. The standard InChI is InChI=1S/C29H28O5/c1-28-21(19-13-7-5-8-14-19)22(20-15-9-6-10-16-20)29(2,27(28)32)24-23(28)25(30)33-17-11-3-4-12-18-34-26(24)31/h3-10,13-16,23-24H,11-12,17-18H2,1-2H3/b4-3-/t23-,24+,28+,29-. The fourth-order valence-corrected chi connectivity index (χ4v) is 6.26. The number of benzene rings is 2. The average Bonchev–Trinajstić information content (AvgIpc) is 3.14. The van der Waals surface area contributed by atoms with Crippen LogP contribution >= 0.6 is 0 Å². The Balaban J connectivity index is 1.78. The van der Waals surface area contributed by atoms with Crippen LogP contribution in [0.25, 0.3) is 11.1 Å². The molecule has 2 bridgehead atoms. The maximum atomic E-state index is 14.3. The molecule has 0 spiro atoms. The normalized spacial score (nSPS) is 32.4. The first-order chi connectivity index (χ1) is 16.4. The van der Waals surface area contributed by atoms with Crippen LogP contribution in [0.4, 0.5) is 0 Å². The quantitative estimate of drug-likeness (QED) is 0.476. The number of cyclic esters (lactones) is 2. The molecule has 1 aliphatic heterocycles. The Morgan fingerprint density at radius 2 is 1.03 bits per heavy atom. The van der Waals surface area contributed by atoms with Gasteiger partial charge in [-0.1, -0.05) is 72.8 Å². The van der Waals surface area contributed by atoms with Gasteiger partial charge in [0.05, 0.1) is 35.9 Å². The molecule has 0 N–H and O–H groups in total. The van der Waals surface area contributed by atoms with Crippen LogP contribution in [0.15, 0.2) is 72.8 Å². The second-order valence-electron chi connectivity index (χ2n) is 9.55. The van der Waals surface area contributed by atoms with E-state index in [4.69, 9.17) is 9.47 Å². The van der Waals surface area contributed by atoms with Crippen molar-refractivity contribution in [1.29, 1.82) is 0 Å². The molecule has 0 radical (unpaired) electrons. The van der Waals surface area contributed by atoms with Crippen molar-refractivity contribution in [2.75, 3.05) is 13.2 Å². The average molecular weight is 457 g/mol. The van der Waals surface area contributed by atoms with E-state index < -0.39 is 34.6 Å². The molecule has 5 rings (SSSR count). The van der Waals surface area contributed by atoms with Gasteiger partial charge < -0.3 is 9.47 Å². The van der Waals surface area contributed by atoms with E-state index in [1.807, 2.05) is 72.8 Å². The molecular weight excluding hydrogens is 428 g/mol. The van der Waals surface area contributed by atoms with Gasteiger partial charge in [-0.05, 0) is 49.0 Å². The van der Waals surface area contributed by atoms with E-state index in [0.29, 0.717) is 12.8 Å². The molecule has 2 aromatic rings. The SMILES string of the molecule is C[C@@]12C(=O)[C@@](C)(C(c3ccccc3)=C1c1ccccc1)[C@H]1C(=O)OCC/C=C\CCOC(=O)[C@H]12. The fourth-order valence-electron chi connectivity index (χ4n) is 6.26. The van der Waals surface area contributed by atoms with E-state index in [1.165, 1.54) is 0 Å². The third kappa shape index (κ3) is 3.10. The van der Waals surface area contributed by atoms with Crippen LogP contribution in [0, 0.1) is 22.7 Å². The molecule has 0 aromatic heterocycles. The lowest BCUT2D eigenvalue weighted by Crippen LogP contribution is -2.44. The van der Waals surface area contributed by atoms with Crippen molar-refractivity contribution in [2.45, 2.75) is 26.7 Å². The van der Waals surface area contributed by atoms with Gasteiger partial charge in [0, 0.05) is 0 Å². The van der Waals surface area contributed by atoms with Crippen LogP contribution < -0.4 is 0 Å².